The van der Waals surface area contributed by atoms with Gasteiger partial charge in [0.2, 0.25) is 0 Å². The van der Waals surface area contributed by atoms with E-state index in [0.717, 1.165) is 11.3 Å². The fourth-order valence-corrected chi connectivity index (χ4v) is 2.44. The molecule has 1 unspecified atom stereocenters. The number of carbonyl (C=O) groups excluding carboxylic acids is 1. The highest BCUT2D eigenvalue weighted by Gasteiger charge is 2.21. The van der Waals surface area contributed by atoms with E-state index in [1.54, 1.807) is 19.2 Å². The second-order valence-electron chi connectivity index (χ2n) is 5.48. The number of hydrogen-bond donors (Lipinski definition) is 2. The molecule has 0 spiro atoms. The van der Waals surface area contributed by atoms with Gasteiger partial charge in [0, 0.05) is 35.3 Å². The lowest BCUT2D eigenvalue weighted by molar-refractivity contribution is 0.0951. The van der Waals surface area contributed by atoms with Gasteiger partial charge in [-0.3, -0.25) is 4.79 Å². The quantitative estimate of drug-likeness (QED) is 0.901. The number of rotatable bonds is 3. The molecule has 22 heavy (non-hydrogen) atoms. The van der Waals surface area contributed by atoms with Crippen LogP contribution in [0.15, 0.2) is 24.4 Å². The maximum absolute atomic E-state index is 12.3. The van der Waals surface area contributed by atoms with E-state index in [4.69, 9.17) is 10.5 Å². The normalized spacial score (nSPS) is 16.0. The minimum Gasteiger partial charge on any atom is -0.493 e. The summed E-state index contributed by atoms with van der Waals surface area (Å²) in [6, 6.07) is 5.50. The maximum Gasteiger partial charge on any atom is 0.251 e. The Morgan fingerprint density at radius 1 is 1.50 bits per heavy atom. The zero-order valence-electron chi connectivity index (χ0n) is 12.6. The van der Waals surface area contributed by atoms with Crippen molar-refractivity contribution in [2.75, 3.05) is 12.3 Å². The van der Waals surface area contributed by atoms with Gasteiger partial charge in [0.25, 0.3) is 5.91 Å². The molecule has 1 aromatic heterocycles. The predicted octanol–water partition coefficient (Wildman–Crippen LogP) is 1.79. The number of benzene rings is 1. The first-order valence-electron chi connectivity index (χ1n) is 7.17. The molecule has 1 amide bonds. The minimum atomic E-state index is -0.151. The molecule has 114 valence electrons. The average Bonchev–Trinajstić information content (AvgIpc) is 2.87. The number of ether oxygens (including phenoxy) is 1. The van der Waals surface area contributed by atoms with Gasteiger partial charge < -0.3 is 15.8 Å². The molecule has 0 fully saturated rings. The number of nitrogen functional groups attached to an aromatic ring is 1. The van der Waals surface area contributed by atoms with Gasteiger partial charge in [-0.2, -0.15) is 0 Å². The first-order valence-corrected chi connectivity index (χ1v) is 7.17. The van der Waals surface area contributed by atoms with Crippen LogP contribution >= 0.6 is 0 Å². The second-order valence-corrected chi connectivity index (χ2v) is 5.48. The molecule has 2 heterocycles. The summed E-state index contributed by atoms with van der Waals surface area (Å²) in [5, 5.41) is 2.84. The number of amides is 1. The fraction of sp³-hybridized carbons (Fsp3) is 0.312. The molecule has 6 nitrogen and oxygen atoms in total. The summed E-state index contributed by atoms with van der Waals surface area (Å²) < 4.78 is 5.54. The van der Waals surface area contributed by atoms with Crippen LogP contribution in [0.25, 0.3) is 0 Å². The molecule has 1 aromatic carbocycles. The number of aryl methyl sites for hydroxylation is 1. The molecule has 6 heteroatoms. The van der Waals surface area contributed by atoms with Gasteiger partial charge in [-0.15, -0.1) is 0 Å². The van der Waals surface area contributed by atoms with Crippen LogP contribution < -0.4 is 15.8 Å². The average molecular weight is 298 g/mol. The van der Waals surface area contributed by atoms with E-state index in [1.807, 2.05) is 12.1 Å². The van der Waals surface area contributed by atoms with Gasteiger partial charge in [-0.1, -0.05) is 6.92 Å². The maximum atomic E-state index is 12.3. The van der Waals surface area contributed by atoms with E-state index in [-0.39, 0.29) is 5.91 Å². The number of fused-ring (bicyclic) bond motifs is 1. The lowest BCUT2D eigenvalue weighted by Gasteiger charge is -2.09. The van der Waals surface area contributed by atoms with E-state index in [9.17, 15) is 4.79 Å². The van der Waals surface area contributed by atoms with Crippen molar-refractivity contribution in [3.63, 3.8) is 0 Å². The topological polar surface area (TPSA) is 90.1 Å². The molecular weight excluding hydrogens is 280 g/mol. The number of nitrogens with zero attached hydrogens (tertiary/aromatic N) is 2. The predicted molar refractivity (Wildman–Crippen MR) is 82.7 cm³/mol. The van der Waals surface area contributed by atoms with Crippen LogP contribution in [-0.4, -0.2) is 22.5 Å². The minimum absolute atomic E-state index is 0.151. The summed E-state index contributed by atoms with van der Waals surface area (Å²) in [6.45, 7) is 4.82. The molecule has 0 bridgehead atoms. The van der Waals surface area contributed by atoms with E-state index in [1.165, 1.54) is 0 Å². The molecule has 0 radical (unpaired) electrons. The summed E-state index contributed by atoms with van der Waals surface area (Å²) in [5.41, 5.74) is 8.21. The molecule has 1 aliphatic heterocycles. The number of hydrogen-bond acceptors (Lipinski definition) is 5. The van der Waals surface area contributed by atoms with Crippen molar-refractivity contribution >= 4 is 11.7 Å². The van der Waals surface area contributed by atoms with Gasteiger partial charge in [-0.25, -0.2) is 9.97 Å². The van der Waals surface area contributed by atoms with Gasteiger partial charge >= 0.3 is 0 Å². The molecule has 3 N–H and O–H groups in total. The Labute approximate surface area is 128 Å². The standard InChI is InChI=1S/C16H18N4O2/c1-9-8-22-14-4-3-11(5-13(9)14)16(21)19-7-12-6-18-10(2)20-15(12)17/h3-6,9H,7-8H2,1-2H3,(H,19,21)(H2,17,18,20). The first-order chi connectivity index (χ1) is 10.5. The van der Waals surface area contributed by atoms with Crippen molar-refractivity contribution in [2.45, 2.75) is 26.3 Å². The smallest absolute Gasteiger partial charge is 0.251 e. The van der Waals surface area contributed by atoms with E-state index >= 15 is 0 Å². The molecule has 0 saturated heterocycles. The van der Waals surface area contributed by atoms with Crippen LogP contribution in [0.3, 0.4) is 0 Å². The summed E-state index contributed by atoms with van der Waals surface area (Å²) in [6.07, 6.45) is 1.64. The summed E-state index contributed by atoms with van der Waals surface area (Å²) in [5.74, 6) is 2.02. The number of anilines is 1. The SMILES string of the molecule is Cc1ncc(CNC(=O)c2ccc3c(c2)C(C)CO3)c(N)n1. The van der Waals surface area contributed by atoms with Gasteiger partial charge in [0.1, 0.15) is 17.4 Å². The summed E-state index contributed by atoms with van der Waals surface area (Å²) >= 11 is 0. The van der Waals surface area contributed by atoms with Crippen LogP contribution in [0.4, 0.5) is 5.82 Å². The number of nitrogens with two attached hydrogens (primary N) is 1. The number of carbonyl (C=O) groups is 1. The molecular formula is C16H18N4O2. The zero-order valence-corrected chi connectivity index (χ0v) is 12.6. The molecule has 1 aliphatic rings. The van der Waals surface area contributed by atoms with Crippen LogP contribution in [-0.2, 0) is 6.54 Å². The monoisotopic (exact) mass is 298 g/mol. The van der Waals surface area contributed by atoms with Crippen LogP contribution in [0.5, 0.6) is 5.75 Å². The summed E-state index contributed by atoms with van der Waals surface area (Å²) in [4.78, 5) is 20.4. The van der Waals surface area contributed by atoms with Crippen molar-refractivity contribution in [1.82, 2.24) is 15.3 Å². The van der Waals surface area contributed by atoms with Gasteiger partial charge in [-0.05, 0) is 25.1 Å². The highest BCUT2D eigenvalue weighted by atomic mass is 16.5. The number of aromatic nitrogens is 2. The Morgan fingerprint density at radius 3 is 3.09 bits per heavy atom. The Balaban J connectivity index is 1.71. The lowest BCUT2D eigenvalue weighted by atomic mass is 10.0. The Morgan fingerprint density at radius 2 is 2.32 bits per heavy atom. The third-order valence-corrected chi connectivity index (χ3v) is 3.75. The van der Waals surface area contributed by atoms with Gasteiger partial charge in [0.15, 0.2) is 0 Å². The highest BCUT2D eigenvalue weighted by Crippen LogP contribution is 2.33. The van der Waals surface area contributed by atoms with Crippen LogP contribution in [0.1, 0.15) is 40.2 Å². The van der Waals surface area contributed by atoms with Crippen molar-refractivity contribution in [3.8, 4) is 5.75 Å². The Bertz CT molecular complexity index is 730. The molecule has 1 atom stereocenters. The molecule has 2 aromatic rings. The largest absolute Gasteiger partial charge is 0.493 e. The Kier molecular flexibility index (Phi) is 3.66. The molecule has 3 rings (SSSR count). The van der Waals surface area contributed by atoms with E-state index < -0.39 is 0 Å². The first kappa shape index (κ1) is 14.3. The Hall–Kier alpha value is -2.63. The lowest BCUT2D eigenvalue weighted by Crippen LogP contribution is -2.23. The van der Waals surface area contributed by atoms with E-state index in [0.29, 0.717) is 41.8 Å². The number of nitrogens with one attached hydrogen (secondary N) is 1. The van der Waals surface area contributed by atoms with E-state index in [2.05, 4.69) is 22.2 Å². The van der Waals surface area contributed by atoms with Crippen LogP contribution in [0, 0.1) is 6.92 Å². The highest BCUT2D eigenvalue weighted by molar-refractivity contribution is 5.94. The third kappa shape index (κ3) is 2.72. The fourth-order valence-electron chi connectivity index (χ4n) is 2.44. The molecule has 0 aliphatic carbocycles. The van der Waals surface area contributed by atoms with Crippen molar-refractivity contribution < 1.29 is 9.53 Å². The van der Waals surface area contributed by atoms with Crippen molar-refractivity contribution in [2.24, 2.45) is 0 Å². The van der Waals surface area contributed by atoms with Crippen molar-refractivity contribution in [1.29, 1.82) is 0 Å². The second kappa shape index (κ2) is 5.63. The zero-order chi connectivity index (χ0) is 15.7. The van der Waals surface area contributed by atoms with Crippen LogP contribution in [0.2, 0.25) is 0 Å². The summed E-state index contributed by atoms with van der Waals surface area (Å²) in [7, 11) is 0. The molecule has 0 saturated carbocycles. The third-order valence-electron chi connectivity index (χ3n) is 3.75. The van der Waals surface area contributed by atoms with Gasteiger partial charge in [0.05, 0.1) is 6.61 Å². The van der Waals surface area contributed by atoms with Crippen molar-refractivity contribution in [3.05, 3.63) is 46.9 Å².